The molecule has 1 saturated carbocycles. The van der Waals surface area contributed by atoms with Crippen LogP contribution in [-0.2, 0) is 22.4 Å². The highest BCUT2D eigenvalue weighted by atomic mass is 16.1. The van der Waals surface area contributed by atoms with Crippen molar-refractivity contribution >= 4 is 11.6 Å². The van der Waals surface area contributed by atoms with Crippen molar-refractivity contribution in [3.8, 4) is 0 Å². The monoisotopic (exact) mass is 362 g/mol. The molecule has 27 heavy (non-hydrogen) atoms. The van der Waals surface area contributed by atoms with Crippen LogP contribution in [0.1, 0.15) is 62.1 Å². The molecule has 1 unspecified atom stereocenters. The highest BCUT2D eigenvalue weighted by Gasteiger charge is 2.33. The van der Waals surface area contributed by atoms with E-state index in [4.69, 9.17) is 0 Å². The average molecular weight is 363 g/mol. The summed E-state index contributed by atoms with van der Waals surface area (Å²) in [6.45, 7) is 3.70. The maximum atomic E-state index is 13.2. The lowest BCUT2D eigenvalue weighted by atomic mass is 9.73. The standard InChI is InChI=1S/C25H30O2/c1-3-19-9-7-8-12-23(19)17-24(18(2)26)25(27)22-15-13-21(14-16-22)20-10-5-4-6-11-20/h4-12,21-22,24H,3,13-17H2,1-2H3. The van der Waals surface area contributed by atoms with Crippen LogP contribution in [0.2, 0.25) is 0 Å². The third kappa shape index (κ3) is 4.74. The fourth-order valence-corrected chi connectivity index (χ4v) is 4.49. The summed E-state index contributed by atoms with van der Waals surface area (Å²) in [5.74, 6) is 0.270. The van der Waals surface area contributed by atoms with Crippen LogP contribution >= 0.6 is 0 Å². The highest BCUT2D eigenvalue weighted by Crippen LogP contribution is 2.37. The van der Waals surface area contributed by atoms with Crippen LogP contribution in [0.3, 0.4) is 0 Å². The molecule has 0 N–H and O–H groups in total. The Morgan fingerprint density at radius 2 is 1.48 bits per heavy atom. The van der Waals surface area contributed by atoms with Crippen LogP contribution in [0.15, 0.2) is 54.6 Å². The van der Waals surface area contributed by atoms with Crippen molar-refractivity contribution in [3.05, 3.63) is 71.3 Å². The van der Waals surface area contributed by atoms with Gasteiger partial charge < -0.3 is 0 Å². The Morgan fingerprint density at radius 3 is 2.07 bits per heavy atom. The first-order chi connectivity index (χ1) is 13.1. The minimum Gasteiger partial charge on any atom is -0.299 e. The Bertz CT molecular complexity index is 770. The molecule has 0 heterocycles. The lowest BCUT2D eigenvalue weighted by Gasteiger charge is -2.30. The highest BCUT2D eigenvalue weighted by molar-refractivity contribution is 6.02. The van der Waals surface area contributed by atoms with E-state index in [9.17, 15) is 9.59 Å². The second kappa shape index (κ2) is 9.12. The number of rotatable bonds is 7. The van der Waals surface area contributed by atoms with Crippen molar-refractivity contribution in [2.24, 2.45) is 11.8 Å². The maximum absolute atomic E-state index is 13.2. The van der Waals surface area contributed by atoms with Gasteiger partial charge in [0, 0.05) is 5.92 Å². The molecular formula is C25H30O2. The molecule has 2 aromatic carbocycles. The molecule has 1 aliphatic carbocycles. The second-order valence-electron chi connectivity index (χ2n) is 7.85. The first-order valence-electron chi connectivity index (χ1n) is 10.3. The number of hydrogen-bond donors (Lipinski definition) is 0. The van der Waals surface area contributed by atoms with Crippen LogP contribution in [0, 0.1) is 11.8 Å². The van der Waals surface area contributed by atoms with E-state index in [2.05, 4.69) is 43.3 Å². The summed E-state index contributed by atoms with van der Waals surface area (Å²) in [4.78, 5) is 25.5. The fourth-order valence-electron chi connectivity index (χ4n) is 4.49. The fraction of sp³-hybridized carbons (Fsp3) is 0.440. The van der Waals surface area contributed by atoms with Crippen molar-refractivity contribution < 1.29 is 9.59 Å². The number of aryl methyl sites for hydroxylation is 1. The van der Waals surface area contributed by atoms with Crippen LogP contribution < -0.4 is 0 Å². The molecule has 1 atom stereocenters. The minimum absolute atomic E-state index is 0.0103. The normalized spacial score (nSPS) is 20.8. The van der Waals surface area contributed by atoms with Gasteiger partial charge in [0.05, 0.1) is 5.92 Å². The number of ketones is 2. The third-order valence-corrected chi connectivity index (χ3v) is 6.16. The summed E-state index contributed by atoms with van der Waals surface area (Å²) in [7, 11) is 0. The van der Waals surface area contributed by atoms with Crippen molar-refractivity contribution in [3.63, 3.8) is 0 Å². The number of hydrogen-bond acceptors (Lipinski definition) is 2. The Kier molecular flexibility index (Phi) is 6.60. The number of carbonyl (C=O) groups is 2. The number of carbonyl (C=O) groups excluding carboxylic acids is 2. The average Bonchev–Trinajstić information content (AvgIpc) is 2.72. The van der Waals surface area contributed by atoms with Gasteiger partial charge in [-0.25, -0.2) is 0 Å². The van der Waals surface area contributed by atoms with E-state index in [1.54, 1.807) is 6.92 Å². The first kappa shape index (κ1) is 19.5. The molecule has 2 aromatic rings. The van der Waals surface area contributed by atoms with Gasteiger partial charge in [0.1, 0.15) is 11.6 Å². The SMILES string of the molecule is CCc1ccccc1CC(C(C)=O)C(=O)C1CCC(c2ccccc2)CC1. The topological polar surface area (TPSA) is 34.1 Å². The molecule has 0 aliphatic heterocycles. The summed E-state index contributed by atoms with van der Waals surface area (Å²) in [6.07, 6.45) is 5.36. The Hall–Kier alpha value is -2.22. The molecular weight excluding hydrogens is 332 g/mol. The minimum atomic E-state index is -0.490. The van der Waals surface area contributed by atoms with Gasteiger partial charge in [-0.1, -0.05) is 61.5 Å². The van der Waals surface area contributed by atoms with E-state index in [-0.39, 0.29) is 17.5 Å². The molecule has 0 bridgehead atoms. The predicted octanol–water partition coefficient (Wildman–Crippen LogP) is 5.54. The van der Waals surface area contributed by atoms with E-state index in [0.717, 1.165) is 37.7 Å². The van der Waals surface area contributed by atoms with Crippen molar-refractivity contribution in [1.29, 1.82) is 0 Å². The molecule has 0 amide bonds. The van der Waals surface area contributed by atoms with Gasteiger partial charge >= 0.3 is 0 Å². The van der Waals surface area contributed by atoms with Crippen LogP contribution in [0.5, 0.6) is 0 Å². The molecule has 2 nitrogen and oxygen atoms in total. The summed E-state index contributed by atoms with van der Waals surface area (Å²) in [5.41, 5.74) is 3.76. The Morgan fingerprint density at radius 1 is 0.889 bits per heavy atom. The lowest BCUT2D eigenvalue weighted by molar-refractivity contribution is -0.134. The maximum Gasteiger partial charge on any atom is 0.146 e. The Labute approximate surface area is 163 Å². The molecule has 1 aliphatic rings. The molecule has 1 fully saturated rings. The smallest absolute Gasteiger partial charge is 0.146 e. The van der Waals surface area contributed by atoms with Gasteiger partial charge in [-0.2, -0.15) is 0 Å². The van der Waals surface area contributed by atoms with Gasteiger partial charge in [-0.05, 0) is 68.1 Å². The molecule has 142 valence electrons. The van der Waals surface area contributed by atoms with Gasteiger partial charge in [-0.15, -0.1) is 0 Å². The molecule has 2 heteroatoms. The summed E-state index contributed by atoms with van der Waals surface area (Å²) < 4.78 is 0. The largest absolute Gasteiger partial charge is 0.299 e. The van der Waals surface area contributed by atoms with E-state index in [1.165, 1.54) is 11.1 Å². The molecule has 0 radical (unpaired) electrons. The number of Topliss-reactive ketones (excluding diaryl/α,β-unsaturated/α-hetero) is 2. The first-order valence-corrected chi connectivity index (χ1v) is 10.3. The second-order valence-corrected chi connectivity index (χ2v) is 7.85. The molecule has 0 saturated heterocycles. The lowest BCUT2D eigenvalue weighted by Crippen LogP contribution is -2.32. The van der Waals surface area contributed by atoms with E-state index < -0.39 is 5.92 Å². The van der Waals surface area contributed by atoms with Crippen LogP contribution in [0.4, 0.5) is 0 Å². The zero-order valence-electron chi connectivity index (χ0n) is 16.5. The summed E-state index contributed by atoms with van der Waals surface area (Å²) in [6, 6.07) is 18.8. The summed E-state index contributed by atoms with van der Waals surface area (Å²) in [5, 5.41) is 0. The Balaban J connectivity index is 1.66. The van der Waals surface area contributed by atoms with E-state index in [1.807, 2.05) is 18.2 Å². The van der Waals surface area contributed by atoms with Crippen molar-refractivity contribution in [2.75, 3.05) is 0 Å². The van der Waals surface area contributed by atoms with Gasteiger partial charge in [0.2, 0.25) is 0 Å². The quantitative estimate of drug-likeness (QED) is 0.606. The van der Waals surface area contributed by atoms with Gasteiger partial charge in [0.15, 0.2) is 0 Å². The van der Waals surface area contributed by atoms with E-state index in [0.29, 0.717) is 12.3 Å². The third-order valence-electron chi connectivity index (χ3n) is 6.16. The van der Waals surface area contributed by atoms with Crippen molar-refractivity contribution in [1.82, 2.24) is 0 Å². The molecule has 3 rings (SSSR count). The predicted molar refractivity (Wildman–Crippen MR) is 110 cm³/mol. The molecule has 0 aromatic heterocycles. The zero-order valence-corrected chi connectivity index (χ0v) is 16.5. The summed E-state index contributed by atoms with van der Waals surface area (Å²) >= 11 is 0. The van der Waals surface area contributed by atoms with Gasteiger partial charge in [-0.3, -0.25) is 9.59 Å². The van der Waals surface area contributed by atoms with E-state index >= 15 is 0 Å². The van der Waals surface area contributed by atoms with Crippen LogP contribution in [0.25, 0.3) is 0 Å². The molecule has 0 spiro atoms. The zero-order chi connectivity index (χ0) is 19.2. The number of benzene rings is 2. The van der Waals surface area contributed by atoms with Crippen LogP contribution in [-0.4, -0.2) is 11.6 Å². The van der Waals surface area contributed by atoms with Crippen molar-refractivity contribution in [2.45, 2.75) is 58.3 Å². The van der Waals surface area contributed by atoms with Gasteiger partial charge in [0.25, 0.3) is 0 Å².